The lowest BCUT2D eigenvalue weighted by Gasteiger charge is -2.16. The largest absolute Gasteiger partial charge is 0.348 e. The van der Waals surface area contributed by atoms with Gasteiger partial charge in [0.25, 0.3) is 0 Å². The number of nitrogens with zero attached hydrogens (tertiary/aromatic N) is 2. The minimum atomic E-state index is -0.338. The lowest BCUT2D eigenvalue weighted by atomic mass is 10.1. The molecule has 7 heteroatoms. The Bertz CT molecular complexity index is 916. The molecule has 6 nitrogen and oxygen atoms in total. The van der Waals surface area contributed by atoms with Crippen LogP contribution in [0.2, 0.25) is 0 Å². The van der Waals surface area contributed by atoms with Gasteiger partial charge in [0.2, 0.25) is 11.8 Å². The van der Waals surface area contributed by atoms with Crippen LogP contribution in [0, 0.1) is 0 Å². The van der Waals surface area contributed by atoms with Crippen LogP contribution in [0.1, 0.15) is 42.3 Å². The first-order valence-corrected chi connectivity index (χ1v) is 10.1. The Balaban J connectivity index is 1.65. The molecule has 1 atom stereocenters. The van der Waals surface area contributed by atoms with Crippen LogP contribution in [-0.4, -0.2) is 21.6 Å². The van der Waals surface area contributed by atoms with E-state index in [0.717, 1.165) is 16.9 Å². The molecule has 2 aromatic heterocycles. The average molecular weight is 397 g/mol. The Morgan fingerprint density at radius 1 is 1.14 bits per heavy atom. The maximum Gasteiger partial charge on any atom is 0.227 e. The van der Waals surface area contributed by atoms with Gasteiger partial charge in [0, 0.05) is 17.9 Å². The first kappa shape index (κ1) is 19.8. The van der Waals surface area contributed by atoms with Gasteiger partial charge in [0.05, 0.1) is 25.2 Å². The summed E-state index contributed by atoms with van der Waals surface area (Å²) in [5.74, 6) is 0.305. The smallest absolute Gasteiger partial charge is 0.227 e. The normalized spacial score (nSPS) is 11.8. The summed E-state index contributed by atoms with van der Waals surface area (Å²) in [6.45, 7) is 4.16. The van der Waals surface area contributed by atoms with Crippen LogP contribution in [0.5, 0.6) is 0 Å². The van der Waals surface area contributed by atoms with Gasteiger partial charge in [-0.05, 0) is 29.0 Å². The fourth-order valence-electron chi connectivity index (χ4n) is 2.96. The Hall–Kier alpha value is -2.93. The second-order valence-corrected chi connectivity index (χ2v) is 7.54. The van der Waals surface area contributed by atoms with E-state index in [9.17, 15) is 9.59 Å². The fourth-order valence-corrected chi connectivity index (χ4v) is 3.73. The van der Waals surface area contributed by atoms with E-state index in [1.807, 2.05) is 17.5 Å². The van der Waals surface area contributed by atoms with Crippen LogP contribution in [0.15, 0.2) is 54.0 Å². The zero-order valence-corrected chi connectivity index (χ0v) is 16.8. The van der Waals surface area contributed by atoms with Crippen molar-refractivity contribution in [1.29, 1.82) is 0 Å². The molecule has 0 unspecified atom stereocenters. The van der Waals surface area contributed by atoms with Crippen molar-refractivity contribution in [3.05, 3.63) is 70.0 Å². The van der Waals surface area contributed by atoms with Gasteiger partial charge in [-0.2, -0.15) is 5.10 Å². The molecule has 28 heavy (non-hydrogen) atoms. The average Bonchev–Trinajstić information content (AvgIpc) is 3.34. The fraction of sp³-hybridized carbons (Fsp3) is 0.286. The Kier molecular flexibility index (Phi) is 6.60. The monoisotopic (exact) mass is 396 g/mol. The highest BCUT2D eigenvalue weighted by molar-refractivity contribution is 7.10. The third kappa shape index (κ3) is 5.29. The maximum absolute atomic E-state index is 12.6. The van der Waals surface area contributed by atoms with E-state index < -0.39 is 0 Å². The summed E-state index contributed by atoms with van der Waals surface area (Å²) in [4.78, 5) is 25.0. The number of aryl methyl sites for hydroxylation is 1. The Morgan fingerprint density at radius 3 is 2.54 bits per heavy atom. The predicted octanol–water partition coefficient (Wildman–Crippen LogP) is 3.76. The van der Waals surface area contributed by atoms with Crippen molar-refractivity contribution >= 4 is 29.0 Å². The summed E-state index contributed by atoms with van der Waals surface area (Å²) >= 11 is 1.52. The molecule has 0 aliphatic heterocycles. The lowest BCUT2D eigenvalue weighted by molar-refractivity contribution is -0.120. The van der Waals surface area contributed by atoms with Crippen LogP contribution in [-0.2, 0) is 22.6 Å². The molecule has 1 aromatic carbocycles. The molecule has 0 aliphatic carbocycles. The SMILES string of the molecule is CCc1ccc(Cn2nccc2NC(=O)C[C@@H](NC(C)=O)c2cccs2)cc1. The van der Waals surface area contributed by atoms with Crippen LogP contribution in [0.3, 0.4) is 0 Å². The van der Waals surface area contributed by atoms with Gasteiger partial charge in [-0.3, -0.25) is 9.59 Å². The number of hydrogen-bond donors (Lipinski definition) is 2. The van der Waals surface area contributed by atoms with Gasteiger partial charge in [-0.15, -0.1) is 11.3 Å². The summed E-state index contributed by atoms with van der Waals surface area (Å²) in [7, 11) is 0. The van der Waals surface area contributed by atoms with Gasteiger partial charge in [-0.1, -0.05) is 37.3 Å². The topological polar surface area (TPSA) is 76.0 Å². The van der Waals surface area contributed by atoms with Crippen molar-refractivity contribution in [2.45, 2.75) is 39.3 Å². The molecule has 0 spiro atoms. The van der Waals surface area contributed by atoms with Crippen LogP contribution < -0.4 is 10.6 Å². The molecule has 3 aromatic rings. The van der Waals surface area contributed by atoms with E-state index in [1.54, 1.807) is 16.9 Å². The minimum Gasteiger partial charge on any atom is -0.348 e. The molecule has 0 saturated carbocycles. The van der Waals surface area contributed by atoms with E-state index in [0.29, 0.717) is 12.4 Å². The molecule has 0 saturated heterocycles. The van der Waals surface area contributed by atoms with Gasteiger partial charge >= 0.3 is 0 Å². The Morgan fingerprint density at radius 2 is 1.89 bits per heavy atom. The van der Waals surface area contributed by atoms with E-state index >= 15 is 0 Å². The molecule has 0 radical (unpaired) electrons. The number of benzene rings is 1. The van der Waals surface area contributed by atoms with Gasteiger partial charge in [0.15, 0.2) is 0 Å². The molecular weight excluding hydrogens is 372 g/mol. The number of carbonyl (C=O) groups is 2. The van der Waals surface area contributed by atoms with Crippen LogP contribution in [0.25, 0.3) is 0 Å². The third-order valence-electron chi connectivity index (χ3n) is 4.40. The number of anilines is 1. The highest BCUT2D eigenvalue weighted by Gasteiger charge is 2.19. The molecule has 146 valence electrons. The second kappa shape index (κ2) is 9.32. The Labute approximate surface area is 168 Å². The molecule has 0 aliphatic rings. The standard InChI is InChI=1S/C21H24N4O2S/c1-3-16-6-8-17(9-7-16)14-25-20(10-11-22-25)24-21(27)13-18(23-15(2)26)19-5-4-12-28-19/h4-12,18H,3,13-14H2,1-2H3,(H,23,26)(H,24,27)/t18-/m1/s1. The molecular formula is C21H24N4O2S. The zero-order valence-electron chi connectivity index (χ0n) is 16.0. The summed E-state index contributed by atoms with van der Waals surface area (Å²) in [6.07, 6.45) is 2.83. The number of nitrogens with one attached hydrogen (secondary N) is 2. The highest BCUT2D eigenvalue weighted by Crippen LogP contribution is 2.23. The van der Waals surface area contributed by atoms with E-state index in [4.69, 9.17) is 0 Å². The molecule has 2 amide bonds. The summed E-state index contributed by atoms with van der Waals surface area (Å²) in [5, 5.41) is 12.0. The second-order valence-electron chi connectivity index (χ2n) is 6.56. The van der Waals surface area contributed by atoms with Gasteiger partial charge in [0.1, 0.15) is 5.82 Å². The maximum atomic E-state index is 12.6. The van der Waals surface area contributed by atoms with Crippen LogP contribution in [0.4, 0.5) is 5.82 Å². The highest BCUT2D eigenvalue weighted by atomic mass is 32.1. The van der Waals surface area contributed by atoms with Crippen molar-refractivity contribution in [2.24, 2.45) is 0 Å². The number of aromatic nitrogens is 2. The van der Waals surface area contributed by atoms with Crippen LogP contribution >= 0.6 is 11.3 Å². The first-order chi connectivity index (χ1) is 13.5. The van der Waals surface area contributed by atoms with Crippen molar-refractivity contribution in [2.75, 3.05) is 5.32 Å². The molecule has 0 bridgehead atoms. The van der Waals surface area contributed by atoms with Crippen molar-refractivity contribution < 1.29 is 9.59 Å². The zero-order chi connectivity index (χ0) is 19.9. The number of thiophene rings is 1. The number of hydrogen-bond acceptors (Lipinski definition) is 4. The quantitative estimate of drug-likeness (QED) is 0.609. The lowest BCUT2D eigenvalue weighted by Crippen LogP contribution is -2.29. The van der Waals surface area contributed by atoms with E-state index in [2.05, 4.69) is 46.9 Å². The predicted molar refractivity (Wildman–Crippen MR) is 111 cm³/mol. The number of amides is 2. The minimum absolute atomic E-state index is 0.160. The van der Waals surface area contributed by atoms with Crippen molar-refractivity contribution in [3.63, 3.8) is 0 Å². The van der Waals surface area contributed by atoms with Gasteiger partial charge < -0.3 is 10.6 Å². The van der Waals surface area contributed by atoms with E-state index in [-0.39, 0.29) is 24.3 Å². The molecule has 2 N–H and O–H groups in total. The molecule has 2 heterocycles. The summed E-state index contributed by atoms with van der Waals surface area (Å²) in [5.41, 5.74) is 2.40. The summed E-state index contributed by atoms with van der Waals surface area (Å²) < 4.78 is 1.76. The number of rotatable bonds is 8. The van der Waals surface area contributed by atoms with Crippen molar-refractivity contribution in [3.8, 4) is 0 Å². The molecule has 3 rings (SSSR count). The van der Waals surface area contributed by atoms with Gasteiger partial charge in [-0.25, -0.2) is 4.68 Å². The third-order valence-corrected chi connectivity index (χ3v) is 5.39. The number of carbonyl (C=O) groups excluding carboxylic acids is 2. The molecule has 0 fully saturated rings. The summed E-state index contributed by atoms with van der Waals surface area (Å²) in [6, 6.07) is 13.6. The first-order valence-electron chi connectivity index (χ1n) is 9.25. The van der Waals surface area contributed by atoms with Crippen molar-refractivity contribution in [1.82, 2.24) is 15.1 Å². The van der Waals surface area contributed by atoms with E-state index in [1.165, 1.54) is 23.8 Å².